The van der Waals surface area contributed by atoms with Crippen LogP contribution < -0.4 is 5.32 Å². The molecule has 3 rings (SSSR count). The Balaban J connectivity index is 2.39. The van der Waals surface area contributed by atoms with Crippen molar-refractivity contribution in [2.24, 2.45) is 0 Å². The lowest BCUT2D eigenvalue weighted by molar-refractivity contribution is 0.592. The van der Waals surface area contributed by atoms with Crippen LogP contribution in [-0.4, -0.2) is 19.9 Å². The normalized spacial score (nSPS) is 11.8. The molecule has 0 spiro atoms. The van der Waals surface area contributed by atoms with Crippen LogP contribution in [0.3, 0.4) is 0 Å². The molecule has 22 heavy (non-hydrogen) atoms. The van der Waals surface area contributed by atoms with Crippen molar-refractivity contribution in [3.63, 3.8) is 0 Å². The van der Waals surface area contributed by atoms with Gasteiger partial charge in [-0.25, -0.2) is 12.8 Å². The van der Waals surface area contributed by atoms with Crippen LogP contribution in [0.4, 0.5) is 10.1 Å². The van der Waals surface area contributed by atoms with Gasteiger partial charge < -0.3 is 9.72 Å². The van der Waals surface area contributed by atoms with Crippen LogP contribution in [0.5, 0.6) is 0 Å². The average molecular weight is 318 g/mol. The molecule has 0 aliphatic carbocycles. The topological polar surface area (TPSA) is 50.6 Å². The molecule has 6 heteroatoms. The van der Waals surface area contributed by atoms with Gasteiger partial charge in [-0.2, -0.15) is 0 Å². The van der Waals surface area contributed by atoms with E-state index >= 15 is 0 Å². The number of pyridine rings is 1. The molecule has 0 aliphatic heterocycles. The first-order valence-electron chi connectivity index (χ1n) is 6.75. The summed E-state index contributed by atoms with van der Waals surface area (Å²) in [5, 5.41) is 2.95. The van der Waals surface area contributed by atoms with Gasteiger partial charge in [-0.1, -0.05) is 12.1 Å². The lowest BCUT2D eigenvalue weighted by atomic mass is 10.3. The van der Waals surface area contributed by atoms with Gasteiger partial charge in [0.2, 0.25) is 9.84 Å². The van der Waals surface area contributed by atoms with Gasteiger partial charge in [0.25, 0.3) is 0 Å². The van der Waals surface area contributed by atoms with Crippen LogP contribution in [0, 0.1) is 12.7 Å². The van der Waals surface area contributed by atoms with Gasteiger partial charge in [0.1, 0.15) is 10.7 Å². The average Bonchev–Trinajstić information content (AvgIpc) is 2.80. The van der Waals surface area contributed by atoms with Crippen molar-refractivity contribution in [3.05, 3.63) is 60.2 Å². The van der Waals surface area contributed by atoms with E-state index in [1.807, 2.05) is 13.0 Å². The molecule has 2 heterocycles. The minimum Gasteiger partial charge on any atom is -0.386 e. The Kier molecular flexibility index (Phi) is 3.41. The third kappa shape index (κ3) is 2.07. The molecule has 0 saturated carbocycles. The van der Waals surface area contributed by atoms with E-state index < -0.39 is 15.7 Å². The Morgan fingerprint density at radius 2 is 1.91 bits per heavy atom. The Morgan fingerprint density at radius 3 is 2.59 bits per heavy atom. The fourth-order valence-electron chi connectivity index (χ4n) is 2.65. The van der Waals surface area contributed by atoms with Gasteiger partial charge in [0.05, 0.1) is 16.1 Å². The van der Waals surface area contributed by atoms with Gasteiger partial charge in [0.15, 0.2) is 0 Å². The number of aryl methyl sites for hydroxylation is 1. The molecule has 4 nitrogen and oxygen atoms in total. The van der Waals surface area contributed by atoms with E-state index in [1.54, 1.807) is 29.8 Å². The highest BCUT2D eigenvalue weighted by Crippen LogP contribution is 2.36. The predicted molar refractivity (Wildman–Crippen MR) is 83.5 cm³/mol. The highest BCUT2D eigenvalue weighted by Gasteiger charge is 2.27. The van der Waals surface area contributed by atoms with Gasteiger partial charge in [-0.15, -0.1) is 0 Å². The molecule has 0 aliphatic rings. The number of halogens is 1. The molecule has 0 unspecified atom stereocenters. The summed E-state index contributed by atoms with van der Waals surface area (Å²) in [5.74, 6) is -0.577. The number of nitrogens with zero attached hydrogens (tertiary/aromatic N) is 1. The van der Waals surface area contributed by atoms with Gasteiger partial charge in [-0.3, -0.25) is 0 Å². The van der Waals surface area contributed by atoms with Crippen molar-refractivity contribution in [1.82, 2.24) is 4.40 Å². The van der Waals surface area contributed by atoms with Crippen LogP contribution in [0.15, 0.2) is 58.5 Å². The van der Waals surface area contributed by atoms with E-state index in [9.17, 15) is 12.8 Å². The smallest absolute Gasteiger partial charge is 0.210 e. The van der Waals surface area contributed by atoms with Crippen molar-refractivity contribution in [3.8, 4) is 0 Å². The number of aromatic nitrogens is 1. The molecule has 0 atom stereocenters. The third-order valence-corrected chi connectivity index (χ3v) is 5.49. The molecule has 0 amide bonds. The molecule has 1 N–H and O–H groups in total. The summed E-state index contributed by atoms with van der Waals surface area (Å²) in [7, 11) is -2.16. The number of sulfone groups is 1. The lowest BCUT2D eigenvalue weighted by Crippen LogP contribution is -2.05. The highest BCUT2D eigenvalue weighted by atomic mass is 32.2. The number of anilines is 1. The largest absolute Gasteiger partial charge is 0.386 e. The van der Waals surface area contributed by atoms with Crippen molar-refractivity contribution < 1.29 is 12.8 Å². The molecule has 0 radical (unpaired) electrons. The first kappa shape index (κ1) is 14.6. The summed E-state index contributed by atoms with van der Waals surface area (Å²) in [6.45, 7) is 1.84. The molecular weight excluding hydrogens is 303 g/mol. The maximum atomic E-state index is 13.4. The van der Waals surface area contributed by atoms with E-state index in [0.717, 1.165) is 11.8 Å². The van der Waals surface area contributed by atoms with E-state index in [2.05, 4.69) is 5.32 Å². The summed E-state index contributed by atoms with van der Waals surface area (Å²) in [5.41, 5.74) is 1.87. The monoisotopic (exact) mass is 318 g/mol. The number of nitrogens with one attached hydrogen (secondary N) is 1. The SMILES string of the molecule is CNc1c(S(=O)(=O)c2cccc(F)c2)c2ccccn2c1C. The zero-order valence-electron chi connectivity index (χ0n) is 12.2. The summed E-state index contributed by atoms with van der Waals surface area (Å²) in [4.78, 5) is 0.110. The first-order chi connectivity index (χ1) is 10.5. The summed E-state index contributed by atoms with van der Waals surface area (Å²) in [6.07, 6.45) is 1.80. The maximum absolute atomic E-state index is 13.4. The van der Waals surface area contributed by atoms with Crippen LogP contribution in [0.2, 0.25) is 0 Å². The second kappa shape index (κ2) is 5.14. The van der Waals surface area contributed by atoms with E-state index in [1.165, 1.54) is 18.2 Å². The predicted octanol–water partition coefficient (Wildman–Crippen LogP) is 3.26. The molecule has 3 aromatic rings. The van der Waals surface area contributed by atoms with Crippen LogP contribution in [0.25, 0.3) is 5.52 Å². The van der Waals surface area contributed by atoms with Gasteiger partial charge in [-0.05, 0) is 37.3 Å². The number of rotatable bonds is 3. The molecular formula is C16H15FN2O2S. The molecule has 2 aromatic heterocycles. The zero-order chi connectivity index (χ0) is 15.9. The summed E-state index contributed by atoms with van der Waals surface area (Å²) in [6, 6.07) is 10.4. The Labute approximate surface area is 128 Å². The molecule has 114 valence electrons. The summed E-state index contributed by atoms with van der Waals surface area (Å²) >= 11 is 0. The quantitative estimate of drug-likeness (QED) is 0.806. The number of hydrogen-bond acceptors (Lipinski definition) is 3. The van der Waals surface area contributed by atoms with Crippen molar-refractivity contribution >= 4 is 21.0 Å². The van der Waals surface area contributed by atoms with Crippen molar-refractivity contribution in [2.45, 2.75) is 16.7 Å². The van der Waals surface area contributed by atoms with Crippen LogP contribution >= 0.6 is 0 Å². The number of hydrogen-bond donors (Lipinski definition) is 1. The first-order valence-corrected chi connectivity index (χ1v) is 8.23. The lowest BCUT2D eigenvalue weighted by Gasteiger charge is -2.07. The standard InChI is InChI=1S/C16H15FN2O2S/c1-11-15(18-2)16(14-8-3-4-9-19(11)14)22(20,21)13-7-5-6-12(17)10-13/h3-10,18H,1-2H3. The number of benzene rings is 1. The molecule has 0 bridgehead atoms. The minimum absolute atomic E-state index is 0.0552. The second-order valence-electron chi connectivity index (χ2n) is 4.96. The third-order valence-electron chi connectivity index (χ3n) is 3.67. The second-order valence-corrected chi connectivity index (χ2v) is 6.84. The molecule has 1 aromatic carbocycles. The van der Waals surface area contributed by atoms with Crippen LogP contribution in [-0.2, 0) is 9.84 Å². The molecule has 0 fully saturated rings. The van der Waals surface area contributed by atoms with E-state index in [-0.39, 0.29) is 9.79 Å². The number of fused-ring (bicyclic) bond motifs is 1. The van der Waals surface area contributed by atoms with Crippen molar-refractivity contribution in [1.29, 1.82) is 0 Å². The van der Waals surface area contributed by atoms with Crippen LogP contribution in [0.1, 0.15) is 5.69 Å². The van der Waals surface area contributed by atoms with Gasteiger partial charge in [0, 0.05) is 18.9 Å². The van der Waals surface area contributed by atoms with Crippen molar-refractivity contribution in [2.75, 3.05) is 12.4 Å². The Hall–Kier alpha value is -2.34. The molecule has 0 saturated heterocycles. The van der Waals surface area contributed by atoms with Gasteiger partial charge >= 0.3 is 0 Å². The fourth-order valence-corrected chi connectivity index (χ4v) is 4.37. The van der Waals surface area contributed by atoms with E-state index in [4.69, 9.17) is 0 Å². The Morgan fingerprint density at radius 1 is 1.14 bits per heavy atom. The maximum Gasteiger partial charge on any atom is 0.210 e. The highest BCUT2D eigenvalue weighted by molar-refractivity contribution is 7.91. The zero-order valence-corrected chi connectivity index (χ0v) is 13.0. The van der Waals surface area contributed by atoms with E-state index in [0.29, 0.717) is 11.2 Å². The fraction of sp³-hybridized carbons (Fsp3) is 0.125. The Bertz CT molecular complexity index is 961. The summed E-state index contributed by atoms with van der Waals surface area (Å²) < 4.78 is 41.2. The minimum atomic E-state index is -3.83.